The summed E-state index contributed by atoms with van der Waals surface area (Å²) in [4.78, 5) is 3.50. The molecule has 0 unspecified atom stereocenters. The molecule has 18 heavy (non-hydrogen) atoms. The molecule has 1 aromatic carbocycles. The van der Waals surface area contributed by atoms with Crippen LogP contribution in [0.3, 0.4) is 0 Å². The van der Waals surface area contributed by atoms with E-state index in [0.717, 1.165) is 9.64 Å². The highest BCUT2D eigenvalue weighted by atomic mass is 127. The van der Waals surface area contributed by atoms with E-state index < -0.39 is 20.7 Å². The maximum atomic E-state index is 13.4. The number of halogens is 2. The van der Waals surface area contributed by atoms with E-state index >= 15 is 0 Å². The van der Waals surface area contributed by atoms with Crippen molar-refractivity contribution in [3.63, 3.8) is 0 Å². The highest BCUT2D eigenvalue weighted by Crippen LogP contribution is 2.17. The minimum absolute atomic E-state index is 0.152. The van der Waals surface area contributed by atoms with E-state index in [1.165, 1.54) is 30.5 Å². The first-order valence-corrected chi connectivity index (χ1v) is 7.44. The van der Waals surface area contributed by atoms with E-state index in [0.29, 0.717) is 0 Å². The van der Waals surface area contributed by atoms with Gasteiger partial charge in [0.25, 0.3) is 10.0 Å². The fraction of sp³-hybridized carbons (Fsp3) is 0. The number of sulfonamides is 1. The fourth-order valence-corrected chi connectivity index (χ4v) is 2.70. The van der Waals surface area contributed by atoms with Gasteiger partial charge in [0.1, 0.15) is 16.5 Å². The van der Waals surface area contributed by atoms with Crippen molar-refractivity contribution in [3.8, 4) is 0 Å². The van der Waals surface area contributed by atoms with E-state index in [4.69, 9.17) is 0 Å². The van der Waals surface area contributed by atoms with E-state index in [-0.39, 0.29) is 5.82 Å². The Bertz CT molecular complexity index is 659. The standard InChI is InChI=1S/C11H8FIN2O2S/c12-9-3-1-2-4-10(9)18(16,17)15-11-6-5-8(13)7-14-11/h1-7H,(H,14,15). The first kappa shape index (κ1) is 13.2. The van der Waals surface area contributed by atoms with Crippen molar-refractivity contribution in [1.29, 1.82) is 0 Å². The predicted molar refractivity (Wildman–Crippen MR) is 74.2 cm³/mol. The maximum Gasteiger partial charge on any atom is 0.265 e. The zero-order valence-electron chi connectivity index (χ0n) is 8.97. The molecule has 7 heteroatoms. The zero-order chi connectivity index (χ0) is 13.2. The molecular formula is C11H8FIN2O2S. The average Bonchev–Trinajstić information content (AvgIpc) is 2.32. The van der Waals surface area contributed by atoms with Gasteiger partial charge in [-0.1, -0.05) is 12.1 Å². The molecule has 0 aliphatic heterocycles. The van der Waals surface area contributed by atoms with Crippen LogP contribution in [0.4, 0.5) is 10.2 Å². The lowest BCUT2D eigenvalue weighted by molar-refractivity contribution is 0.570. The summed E-state index contributed by atoms with van der Waals surface area (Å²) in [6.07, 6.45) is 1.51. The molecule has 0 aliphatic carbocycles. The second kappa shape index (κ2) is 5.19. The van der Waals surface area contributed by atoms with Gasteiger partial charge < -0.3 is 0 Å². The molecule has 0 spiro atoms. The summed E-state index contributed by atoms with van der Waals surface area (Å²) in [6, 6.07) is 8.39. The molecule has 0 atom stereocenters. The Morgan fingerprint density at radius 1 is 1.17 bits per heavy atom. The molecule has 0 radical (unpaired) electrons. The summed E-state index contributed by atoms with van der Waals surface area (Å²) in [5.41, 5.74) is 0. The van der Waals surface area contributed by atoms with Crippen LogP contribution in [-0.4, -0.2) is 13.4 Å². The Kier molecular flexibility index (Phi) is 3.81. The molecule has 0 fully saturated rings. The van der Waals surface area contributed by atoms with Gasteiger partial charge in [0, 0.05) is 9.77 Å². The van der Waals surface area contributed by atoms with Crippen LogP contribution in [0.2, 0.25) is 0 Å². The molecule has 0 bridgehead atoms. The van der Waals surface area contributed by atoms with Crippen LogP contribution in [0, 0.1) is 9.39 Å². The first-order valence-electron chi connectivity index (χ1n) is 4.88. The van der Waals surface area contributed by atoms with E-state index in [9.17, 15) is 12.8 Å². The average molecular weight is 378 g/mol. The van der Waals surface area contributed by atoms with Gasteiger partial charge >= 0.3 is 0 Å². The highest BCUT2D eigenvalue weighted by molar-refractivity contribution is 14.1. The molecule has 0 saturated carbocycles. The van der Waals surface area contributed by atoms with E-state index in [1.54, 1.807) is 6.07 Å². The van der Waals surface area contributed by atoms with Gasteiger partial charge in [0.15, 0.2) is 0 Å². The van der Waals surface area contributed by atoms with Crippen molar-refractivity contribution in [3.05, 3.63) is 52.0 Å². The highest BCUT2D eigenvalue weighted by Gasteiger charge is 2.18. The first-order chi connectivity index (χ1) is 8.49. The fourth-order valence-electron chi connectivity index (χ4n) is 1.29. The number of anilines is 1. The Labute approximate surface area is 117 Å². The van der Waals surface area contributed by atoms with E-state index in [2.05, 4.69) is 32.3 Å². The third kappa shape index (κ3) is 2.96. The van der Waals surface area contributed by atoms with Crippen molar-refractivity contribution in [1.82, 2.24) is 4.98 Å². The van der Waals surface area contributed by atoms with Gasteiger partial charge in [0.2, 0.25) is 0 Å². The van der Waals surface area contributed by atoms with Gasteiger partial charge in [-0.3, -0.25) is 4.72 Å². The minimum atomic E-state index is -3.95. The number of hydrogen-bond donors (Lipinski definition) is 1. The number of nitrogens with one attached hydrogen (secondary N) is 1. The molecule has 0 amide bonds. The van der Waals surface area contributed by atoms with Crippen molar-refractivity contribution in [2.75, 3.05) is 4.72 Å². The molecule has 2 aromatic rings. The molecule has 94 valence electrons. The van der Waals surface area contributed by atoms with Crippen LogP contribution < -0.4 is 4.72 Å². The van der Waals surface area contributed by atoms with Crippen LogP contribution in [0.5, 0.6) is 0 Å². The normalized spacial score (nSPS) is 11.2. The molecule has 1 heterocycles. The summed E-state index contributed by atoms with van der Waals surface area (Å²) in [5, 5.41) is 0. The second-order valence-corrected chi connectivity index (χ2v) is 6.29. The van der Waals surface area contributed by atoms with Crippen molar-refractivity contribution < 1.29 is 12.8 Å². The SMILES string of the molecule is O=S(=O)(Nc1ccc(I)cn1)c1ccccc1F. The van der Waals surface area contributed by atoms with Gasteiger partial charge in [-0.15, -0.1) is 0 Å². The van der Waals surface area contributed by atoms with E-state index in [1.807, 2.05) is 0 Å². The van der Waals surface area contributed by atoms with Crippen LogP contribution in [0.1, 0.15) is 0 Å². The van der Waals surface area contributed by atoms with Gasteiger partial charge in [-0.25, -0.2) is 17.8 Å². The monoisotopic (exact) mass is 378 g/mol. The van der Waals surface area contributed by atoms with Crippen LogP contribution >= 0.6 is 22.6 Å². The van der Waals surface area contributed by atoms with Gasteiger partial charge in [0.05, 0.1) is 0 Å². The van der Waals surface area contributed by atoms with Crippen LogP contribution in [0.25, 0.3) is 0 Å². The van der Waals surface area contributed by atoms with Crippen LogP contribution in [-0.2, 0) is 10.0 Å². The minimum Gasteiger partial charge on any atom is -0.263 e. The number of rotatable bonds is 3. The predicted octanol–water partition coefficient (Wildman–Crippen LogP) is 2.63. The molecule has 4 nitrogen and oxygen atoms in total. The third-order valence-corrected chi connectivity index (χ3v) is 4.12. The lowest BCUT2D eigenvalue weighted by atomic mass is 10.4. The molecular weight excluding hydrogens is 370 g/mol. The summed E-state index contributed by atoms with van der Waals surface area (Å²) in [6.45, 7) is 0. The number of pyridine rings is 1. The number of nitrogens with zero attached hydrogens (tertiary/aromatic N) is 1. The smallest absolute Gasteiger partial charge is 0.263 e. The summed E-state index contributed by atoms with van der Waals surface area (Å²) in [7, 11) is -3.95. The summed E-state index contributed by atoms with van der Waals surface area (Å²) >= 11 is 2.05. The Hall–Kier alpha value is -1.22. The van der Waals surface area contributed by atoms with Gasteiger partial charge in [-0.2, -0.15) is 0 Å². The zero-order valence-corrected chi connectivity index (χ0v) is 11.9. The van der Waals surface area contributed by atoms with Crippen molar-refractivity contribution in [2.45, 2.75) is 4.90 Å². The lowest BCUT2D eigenvalue weighted by Crippen LogP contribution is -2.15. The second-order valence-electron chi connectivity index (χ2n) is 3.40. The Morgan fingerprint density at radius 3 is 2.50 bits per heavy atom. The number of benzene rings is 1. The number of hydrogen-bond acceptors (Lipinski definition) is 3. The quantitative estimate of drug-likeness (QED) is 0.836. The van der Waals surface area contributed by atoms with Gasteiger partial charge in [-0.05, 0) is 46.9 Å². The summed E-state index contributed by atoms with van der Waals surface area (Å²) in [5.74, 6) is -0.644. The molecule has 1 N–H and O–H groups in total. The lowest BCUT2D eigenvalue weighted by Gasteiger charge is -2.07. The largest absolute Gasteiger partial charge is 0.265 e. The Morgan fingerprint density at radius 2 is 1.89 bits per heavy atom. The van der Waals surface area contributed by atoms with Crippen LogP contribution in [0.15, 0.2) is 47.5 Å². The summed E-state index contributed by atoms with van der Waals surface area (Å²) < 4.78 is 40.3. The molecule has 2 rings (SSSR count). The third-order valence-electron chi connectivity index (χ3n) is 2.09. The maximum absolute atomic E-state index is 13.4. The molecule has 0 aliphatic rings. The van der Waals surface area contributed by atoms with Crippen molar-refractivity contribution >= 4 is 38.4 Å². The molecule has 1 aromatic heterocycles. The topological polar surface area (TPSA) is 59.1 Å². The molecule has 0 saturated heterocycles. The van der Waals surface area contributed by atoms with Crippen molar-refractivity contribution in [2.24, 2.45) is 0 Å². The number of aromatic nitrogens is 1. The Balaban J connectivity index is 2.33.